The molecule has 0 bridgehead atoms. The number of hydrogen-bond donors (Lipinski definition) is 2. The molecule has 0 aromatic heterocycles. The van der Waals surface area contributed by atoms with Gasteiger partial charge in [-0.1, -0.05) is 23.8 Å². The quantitative estimate of drug-likeness (QED) is 0.290. The van der Waals surface area contributed by atoms with E-state index in [0.717, 1.165) is 36.7 Å². The van der Waals surface area contributed by atoms with Crippen LogP contribution in [0.3, 0.4) is 0 Å². The third-order valence-corrected chi connectivity index (χ3v) is 4.52. The van der Waals surface area contributed by atoms with Crippen molar-refractivity contribution in [2.75, 3.05) is 33.9 Å². The molecule has 0 saturated heterocycles. The molecular formula is C21H33N3O2. The lowest BCUT2D eigenvalue weighted by molar-refractivity contribution is 0.172. The lowest BCUT2D eigenvalue weighted by Gasteiger charge is -2.15. The SMILES string of the molecule is CN=C(NCCC1=CCCC1)NCc1ccc(C)cc1OCCCOC. The Morgan fingerprint density at radius 1 is 1.23 bits per heavy atom. The number of ether oxygens (including phenoxy) is 2. The number of methoxy groups -OCH3 is 1. The standard InChI is InChI=1S/C21H33N3O2/c1-17-9-10-19(20(15-17)26-14-6-13-25-3)16-24-21(22-2)23-12-11-18-7-4-5-8-18/h7,9-10,15H,4-6,8,11-14,16H2,1-3H3,(H2,22,23,24). The average Bonchev–Trinajstić information content (AvgIpc) is 3.16. The number of guanidine groups is 1. The van der Waals surface area contributed by atoms with E-state index in [2.05, 4.69) is 46.8 Å². The summed E-state index contributed by atoms with van der Waals surface area (Å²) in [5, 5.41) is 6.79. The lowest BCUT2D eigenvalue weighted by atomic mass is 10.1. The maximum Gasteiger partial charge on any atom is 0.191 e. The zero-order chi connectivity index (χ0) is 18.6. The zero-order valence-corrected chi connectivity index (χ0v) is 16.4. The van der Waals surface area contributed by atoms with E-state index in [0.29, 0.717) is 19.8 Å². The maximum absolute atomic E-state index is 5.95. The molecule has 1 aromatic rings. The monoisotopic (exact) mass is 359 g/mol. The van der Waals surface area contributed by atoms with Gasteiger partial charge in [0.1, 0.15) is 5.75 Å². The summed E-state index contributed by atoms with van der Waals surface area (Å²) in [7, 11) is 3.52. The topological polar surface area (TPSA) is 54.9 Å². The molecule has 0 amide bonds. The number of nitrogens with zero attached hydrogens (tertiary/aromatic N) is 1. The minimum atomic E-state index is 0.659. The van der Waals surface area contributed by atoms with Crippen molar-refractivity contribution in [3.8, 4) is 5.75 Å². The van der Waals surface area contributed by atoms with Crippen LogP contribution in [0.5, 0.6) is 5.75 Å². The highest BCUT2D eigenvalue weighted by Crippen LogP contribution is 2.21. The first-order valence-electron chi connectivity index (χ1n) is 9.56. The van der Waals surface area contributed by atoms with Gasteiger partial charge in [-0.3, -0.25) is 4.99 Å². The predicted octanol–water partition coefficient (Wildman–Crippen LogP) is 3.58. The molecule has 0 heterocycles. The summed E-state index contributed by atoms with van der Waals surface area (Å²) in [5.41, 5.74) is 3.90. The lowest BCUT2D eigenvalue weighted by Crippen LogP contribution is -2.37. The molecule has 0 atom stereocenters. The van der Waals surface area contributed by atoms with Gasteiger partial charge in [0.2, 0.25) is 0 Å². The van der Waals surface area contributed by atoms with Crippen molar-refractivity contribution >= 4 is 5.96 Å². The molecule has 0 radical (unpaired) electrons. The van der Waals surface area contributed by atoms with Crippen LogP contribution in [0.15, 0.2) is 34.8 Å². The van der Waals surface area contributed by atoms with E-state index < -0.39 is 0 Å². The highest BCUT2D eigenvalue weighted by Gasteiger charge is 2.07. The normalized spacial score (nSPS) is 14.3. The van der Waals surface area contributed by atoms with Crippen LogP contribution in [-0.2, 0) is 11.3 Å². The van der Waals surface area contributed by atoms with E-state index in [9.17, 15) is 0 Å². The highest BCUT2D eigenvalue weighted by molar-refractivity contribution is 5.79. The second-order valence-corrected chi connectivity index (χ2v) is 6.66. The summed E-state index contributed by atoms with van der Waals surface area (Å²) in [6, 6.07) is 6.32. The zero-order valence-electron chi connectivity index (χ0n) is 16.4. The van der Waals surface area contributed by atoms with Crippen LogP contribution in [-0.4, -0.2) is 39.9 Å². The second-order valence-electron chi connectivity index (χ2n) is 6.66. The minimum absolute atomic E-state index is 0.659. The molecule has 26 heavy (non-hydrogen) atoms. The van der Waals surface area contributed by atoms with Crippen molar-refractivity contribution in [1.82, 2.24) is 10.6 Å². The van der Waals surface area contributed by atoms with Crippen molar-refractivity contribution < 1.29 is 9.47 Å². The van der Waals surface area contributed by atoms with Gasteiger partial charge in [-0.2, -0.15) is 0 Å². The molecule has 0 spiro atoms. The Kier molecular flexibility index (Phi) is 9.04. The Bertz CT molecular complexity index is 611. The van der Waals surface area contributed by atoms with Crippen molar-refractivity contribution in [3.05, 3.63) is 41.0 Å². The Labute approximate surface area is 157 Å². The van der Waals surface area contributed by atoms with E-state index in [1.165, 1.54) is 24.8 Å². The van der Waals surface area contributed by atoms with E-state index in [4.69, 9.17) is 9.47 Å². The summed E-state index contributed by atoms with van der Waals surface area (Å²) in [6.07, 6.45) is 8.15. The number of aliphatic imine (C=N–C) groups is 1. The molecule has 0 aliphatic heterocycles. The van der Waals surface area contributed by atoms with Crippen LogP contribution in [0.1, 0.15) is 43.2 Å². The van der Waals surface area contributed by atoms with Crippen LogP contribution in [0, 0.1) is 6.92 Å². The van der Waals surface area contributed by atoms with Crippen LogP contribution in [0.2, 0.25) is 0 Å². The van der Waals surface area contributed by atoms with E-state index in [1.807, 2.05) is 7.05 Å². The molecular weight excluding hydrogens is 326 g/mol. The number of hydrogen-bond acceptors (Lipinski definition) is 3. The van der Waals surface area contributed by atoms with Gasteiger partial charge in [0.15, 0.2) is 5.96 Å². The summed E-state index contributed by atoms with van der Waals surface area (Å²) in [5.74, 6) is 1.76. The molecule has 1 aromatic carbocycles. The fourth-order valence-corrected chi connectivity index (χ4v) is 3.03. The Balaban J connectivity index is 1.81. The summed E-state index contributed by atoms with van der Waals surface area (Å²) in [4.78, 5) is 4.32. The summed E-state index contributed by atoms with van der Waals surface area (Å²) < 4.78 is 11.0. The smallest absolute Gasteiger partial charge is 0.191 e. The van der Waals surface area contributed by atoms with Gasteiger partial charge in [0.25, 0.3) is 0 Å². The van der Waals surface area contributed by atoms with Gasteiger partial charge in [0, 0.05) is 45.8 Å². The van der Waals surface area contributed by atoms with E-state index in [1.54, 1.807) is 12.7 Å². The number of aryl methyl sites for hydroxylation is 1. The summed E-state index contributed by atoms with van der Waals surface area (Å²) >= 11 is 0. The molecule has 2 N–H and O–H groups in total. The molecule has 2 rings (SSSR count). The Morgan fingerprint density at radius 2 is 2.12 bits per heavy atom. The van der Waals surface area contributed by atoms with E-state index >= 15 is 0 Å². The minimum Gasteiger partial charge on any atom is -0.493 e. The van der Waals surface area contributed by atoms with Crippen LogP contribution in [0.4, 0.5) is 0 Å². The third kappa shape index (κ3) is 7.08. The van der Waals surface area contributed by atoms with Gasteiger partial charge in [0.05, 0.1) is 6.61 Å². The maximum atomic E-state index is 5.95. The van der Waals surface area contributed by atoms with Crippen LogP contribution in [0.25, 0.3) is 0 Å². The summed E-state index contributed by atoms with van der Waals surface area (Å²) in [6.45, 7) is 5.05. The van der Waals surface area contributed by atoms with Crippen molar-refractivity contribution in [1.29, 1.82) is 0 Å². The van der Waals surface area contributed by atoms with E-state index in [-0.39, 0.29) is 0 Å². The van der Waals surface area contributed by atoms with Gasteiger partial charge in [-0.15, -0.1) is 0 Å². The highest BCUT2D eigenvalue weighted by atomic mass is 16.5. The largest absolute Gasteiger partial charge is 0.493 e. The molecule has 0 saturated carbocycles. The molecule has 1 aliphatic carbocycles. The number of benzene rings is 1. The van der Waals surface area contributed by atoms with Gasteiger partial charge in [-0.25, -0.2) is 0 Å². The number of allylic oxidation sites excluding steroid dienone is 1. The molecule has 0 fully saturated rings. The van der Waals surface area contributed by atoms with Crippen LogP contribution >= 0.6 is 0 Å². The van der Waals surface area contributed by atoms with Gasteiger partial charge in [-0.05, 0) is 44.2 Å². The number of nitrogens with one attached hydrogen (secondary N) is 2. The van der Waals surface area contributed by atoms with Gasteiger partial charge >= 0.3 is 0 Å². The Hall–Kier alpha value is -2.01. The first-order valence-corrected chi connectivity index (χ1v) is 9.56. The third-order valence-electron chi connectivity index (χ3n) is 4.52. The second kappa shape index (κ2) is 11.6. The fraction of sp³-hybridized carbons (Fsp3) is 0.571. The Morgan fingerprint density at radius 3 is 2.85 bits per heavy atom. The van der Waals surface area contributed by atoms with Crippen molar-refractivity contribution in [2.45, 2.75) is 45.6 Å². The van der Waals surface area contributed by atoms with Crippen LogP contribution < -0.4 is 15.4 Å². The molecule has 1 aliphatic rings. The first-order chi connectivity index (χ1) is 12.7. The van der Waals surface area contributed by atoms with Crippen molar-refractivity contribution in [3.63, 3.8) is 0 Å². The molecule has 0 unspecified atom stereocenters. The molecule has 5 heteroatoms. The average molecular weight is 360 g/mol. The predicted molar refractivity (Wildman–Crippen MR) is 108 cm³/mol. The van der Waals surface area contributed by atoms with Crippen molar-refractivity contribution in [2.24, 2.45) is 4.99 Å². The molecule has 144 valence electrons. The van der Waals surface area contributed by atoms with Gasteiger partial charge < -0.3 is 20.1 Å². The first kappa shape index (κ1) is 20.3. The number of rotatable bonds is 10. The fourth-order valence-electron chi connectivity index (χ4n) is 3.03. The molecule has 5 nitrogen and oxygen atoms in total.